The first-order chi connectivity index (χ1) is 12.6. The molecule has 2 aromatic carbocycles. The van der Waals surface area contributed by atoms with Crippen LogP contribution in [0, 0.1) is 0 Å². The van der Waals surface area contributed by atoms with Crippen LogP contribution in [-0.2, 0) is 6.54 Å². The predicted molar refractivity (Wildman–Crippen MR) is 103 cm³/mol. The quantitative estimate of drug-likeness (QED) is 0.679. The third-order valence-electron chi connectivity index (χ3n) is 3.74. The Hall–Kier alpha value is -2.57. The number of benzene rings is 2. The molecule has 5 nitrogen and oxygen atoms in total. The van der Waals surface area contributed by atoms with E-state index >= 15 is 0 Å². The standard InChI is InChI=1S/C19H17ClN2O3S/c1-24-16-8-5-13(9-17(16)25-2)19(23)21-10-18-22-15(11-26-18)12-3-6-14(20)7-4-12/h3-9,11H,10H2,1-2H3,(H,21,23). The summed E-state index contributed by atoms with van der Waals surface area (Å²) in [6.45, 7) is 0.353. The second-order valence-corrected chi connectivity index (χ2v) is 6.76. The number of aromatic nitrogens is 1. The third-order valence-corrected chi connectivity index (χ3v) is 4.84. The summed E-state index contributed by atoms with van der Waals surface area (Å²) in [6, 6.07) is 12.5. The van der Waals surface area contributed by atoms with E-state index in [4.69, 9.17) is 21.1 Å². The van der Waals surface area contributed by atoms with Crippen LogP contribution in [0.3, 0.4) is 0 Å². The number of carbonyl (C=O) groups is 1. The van der Waals surface area contributed by atoms with Crippen LogP contribution in [0.15, 0.2) is 47.8 Å². The topological polar surface area (TPSA) is 60.5 Å². The van der Waals surface area contributed by atoms with Crippen molar-refractivity contribution in [3.63, 3.8) is 0 Å². The van der Waals surface area contributed by atoms with Gasteiger partial charge >= 0.3 is 0 Å². The summed E-state index contributed by atoms with van der Waals surface area (Å²) < 4.78 is 10.4. The number of hydrogen-bond acceptors (Lipinski definition) is 5. The van der Waals surface area contributed by atoms with Gasteiger partial charge in [-0.15, -0.1) is 11.3 Å². The van der Waals surface area contributed by atoms with Gasteiger partial charge in [-0.1, -0.05) is 23.7 Å². The van der Waals surface area contributed by atoms with Gasteiger partial charge in [0, 0.05) is 21.5 Å². The van der Waals surface area contributed by atoms with Crippen LogP contribution < -0.4 is 14.8 Å². The van der Waals surface area contributed by atoms with Crippen molar-refractivity contribution in [1.82, 2.24) is 10.3 Å². The largest absolute Gasteiger partial charge is 0.493 e. The molecule has 1 N–H and O–H groups in total. The lowest BCUT2D eigenvalue weighted by molar-refractivity contribution is 0.0950. The zero-order chi connectivity index (χ0) is 18.5. The molecule has 0 aliphatic rings. The molecule has 0 radical (unpaired) electrons. The molecule has 3 rings (SSSR count). The molecule has 0 fully saturated rings. The minimum Gasteiger partial charge on any atom is -0.493 e. The SMILES string of the molecule is COc1ccc(C(=O)NCc2nc(-c3ccc(Cl)cc3)cs2)cc1OC. The summed E-state index contributed by atoms with van der Waals surface area (Å²) in [7, 11) is 3.09. The Labute approximate surface area is 160 Å². The van der Waals surface area contributed by atoms with Gasteiger partial charge < -0.3 is 14.8 Å². The van der Waals surface area contributed by atoms with Crippen LogP contribution >= 0.6 is 22.9 Å². The fourth-order valence-corrected chi connectivity index (χ4v) is 3.25. The third kappa shape index (κ3) is 4.15. The molecular formula is C19H17ClN2O3S. The lowest BCUT2D eigenvalue weighted by atomic mass is 10.2. The zero-order valence-electron chi connectivity index (χ0n) is 14.3. The van der Waals surface area contributed by atoms with Crippen LogP contribution in [-0.4, -0.2) is 25.1 Å². The maximum Gasteiger partial charge on any atom is 0.251 e. The van der Waals surface area contributed by atoms with Crippen molar-refractivity contribution in [1.29, 1.82) is 0 Å². The molecule has 0 aliphatic carbocycles. The van der Waals surface area contributed by atoms with E-state index in [9.17, 15) is 4.79 Å². The highest BCUT2D eigenvalue weighted by Crippen LogP contribution is 2.27. The Balaban J connectivity index is 1.66. The molecule has 3 aromatic rings. The van der Waals surface area contributed by atoms with Crippen LogP contribution in [0.2, 0.25) is 5.02 Å². The summed E-state index contributed by atoms with van der Waals surface area (Å²) >= 11 is 7.40. The van der Waals surface area contributed by atoms with Gasteiger partial charge in [-0.3, -0.25) is 4.79 Å². The smallest absolute Gasteiger partial charge is 0.251 e. The van der Waals surface area contributed by atoms with Gasteiger partial charge in [-0.2, -0.15) is 0 Å². The molecular weight excluding hydrogens is 372 g/mol. The molecule has 0 saturated carbocycles. The summed E-state index contributed by atoms with van der Waals surface area (Å²) in [5, 5.41) is 6.34. The summed E-state index contributed by atoms with van der Waals surface area (Å²) in [4.78, 5) is 16.9. The molecule has 1 heterocycles. The van der Waals surface area contributed by atoms with Gasteiger partial charge in [-0.05, 0) is 30.3 Å². The molecule has 26 heavy (non-hydrogen) atoms. The van der Waals surface area contributed by atoms with Crippen molar-refractivity contribution in [3.8, 4) is 22.8 Å². The van der Waals surface area contributed by atoms with Crippen LogP contribution in [0.5, 0.6) is 11.5 Å². The number of carbonyl (C=O) groups excluding carboxylic acids is 1. The average molecular weight is 389 g/mol. The van der Waals surface area contributed by atoms with Crippen LogP contribution in [0.25, 0.3) is 11.3 Å². The number of halogens is 1. The molecule has 0 saturated heterocycles. The molecule has 0 bridgehead atoms. The molecule has 0 unspecified atom stereocenters. The molecule has 134 valence electrons. The number of nitrogens with zero attached hydrogens (tertiary/aromatic N) is 1. The number of hydrogen-bond donors (Lipinski definition) is 1. The maximum atomic E-state index is 12.4. The second kappa shape index (κ2) is 8.21. The minimum atomic E-state index is -0.200. The van der Waals surface area contributed by atoms with E-state index in [2.05, 4.69) is 10.3 Å². The number of thiazole rings is 1. The van der Waals surface area contributed by atoms with Gasteiger partial charge in [0.15, 0.2) is 11.5 Å². The maximum absolute atomic E-state index is 12.4. The number of rotatable bonds is 6. The first-order valence-corrected chi connectivity index (χ1v) is 9.07. The first-order valence-electron chi connectivity index (χ1n) is 7.81. The Morgan fingerprint density at radius 2 is 1.85 bits per heavy atom. The normalized spacial score (nSPS) is 10.4. The summed E-state index contributed by atoms with van der Waals surface area (Å²) in [5.74, 6) is 0.894. The molecule has 1 aromatic heterocycles. The fraction of sp³-hybridized carbons (Fsp3) is 0.158. The van der Waals surface area contributed by atoms with Crippen molar-refractivity contribution in [2.45, 2.75) is 6.54 Å². The number of nitrogens with one attached hydrogen (secondary N) is 1. The average Bonchev–Trinajstić information content (AvgIpc) is 3.15. The van der Waals surface area contributed by atoms with E-state index in [0.717, 1.165) is 16.3 Å². The summed E-state index contributed by atoms with van der Waals surface area (Å²) in [6.07, 6.45) is 0. The highest BCUT2D eigenvalue weighted by Gasteiger charge is 2.12. The van der Waals surface area contributed by atoms with Crippen molar-refractivity contribution >= 4 is 28.8 Å². The number of amides is 1. The van der Waals surface area contributed by atoms with Gasteiger partial charge in [-0.25, -0.2) is 4.98 Å². The predicted octanol–water partition coefficient (Wildman–Crippen LogP) is 4.41. The van der Waals surface area contributed by atoms with Crippen molar-refractivity contribution in [2.24, 2.45) is 0 Å². The number of methoxy groups -OCH3 is 2. The molecule has 7 heteroatoms. The van der Waals surface area contributed by atoms with E-state index in [0.29, 0.717) is 28.6 Å². The molecule has 0 aliphatic heterocycles. The zero-order valence-corrected chi connectivity index (χ0v) is 15.9. The van der Waals surface area contributed by atoms with Crippen molar-refractivity contribution < 1.29 is 14.3 Å². The molecule has 0 atom stereocenters. The Bertz CT molecular complexity index is 909. The van der Waals surface area contributed by atoms with Crippen LogP contribution in [0.4, 0.5) is 0 Å². The highest BCUT2D eigenvalue weighted by molar-refractivity contribution is 7.09. The summed E-state index contributed by atoms with van der Waals surface area (Å²) in [5.41, 5.74) is 2.35. The Morgan fingerprint density at radius 3 is 2.54 bits per heavy atom. The first kappa shape index (κ1) is 18.2. The number of ether oxygens (including phenoxy) is 2. The molecule has 0 spiro atoms. The van der Waals surface area contributed by atoms with E-state index in [1.807, 2.05) is 29.6 Å². The van der Waals surface area contributed by atoms with E-state index in [-0.39, 0.29) is 5.91 Å². The van der Waals surface area contributed by atoms with E-state index < -0.39 is 0 Å². The van der Waals surface area contributed by atoms with E-state index in [1.165, 1.54) is 18.4 Å². The fourth-order valence-electron chi connectivity index (χ4n) is 2.38. The molecule has 1 amide bonds. The lowest BCUT2D eigenvalue weighted by Crippen LogP contribution is -2.22. The minimum absolute atomic E-state index is 0.200. The van der Waals surface area contributed by atoms with E-state index in [1.54, 1.807) is 25.3 Å². The van der Waals surface area contributed by atoms with Crippen molar-refractivity contribution in [3.05, 3.63) is 63.4 Å². The van der Waals surface area contributed by atoms with Gasteiger partial charge in [0.2, 0.25) is 0 Å². The van der Waals surface area contributed by atoms with Crippen molar-refractivity contribution in [2.75, 3.05) is 14.2 Å². The van der Waals surface area contributed by atoms with Gasteiger partial charge in [0.05, 0.1) is 26.5 Å². The Kier molecular flexibility index (Phi) is 5.75. The lowest BCUT2D eigenvalue weighted by Gasteiger charge is -2.09. The van der Waals surface area contributed by atoms with Gasteiger partial charge in [0.1, 0.15) is 5.01 Å². The van der Waals surface area contributed by atoms with Gasteiger partial charge in [0.25, 0.3) is 5.91 Å². The second-order valence-electron chi connectivity index (χ2n) is 5.39. The monoisotopic (exact) mass is 388 g/mol. The highest BCUT2D eigenvalue weighted by atomic mass is 35.5. The van der Waals surface area contributed by atoms with Crippen LogP contribution in [0.1, 0.15) is 15.4 Å². The Morgan fingerprint density at radius 1 is 1.12 bits per heavy atom.